The fraction of sp³-hybridized carbons (Fsp3) is 0.615. The second-order valence-electron chi connectivity index (χ2n) is 5.41. The third kappa shape index (κ3) is 2.47. The first kappa shape index (κ1) is 13.6. The van der Waals surface area contributed by atoms with Gasteiger partial charge in [0, 0.05) is 18.7 Å². The maximum Gasteiger partial charge on any atom is 0.311 e. The van der Waals surface area contributed by atoms with Gasteiger partial charge < -0.3 is 14.5 Å². The minimum Gasteiger partial charge on any atom is -0.481 e. The number of amides is 1. The summed E-state index contributed by atoms with van der Waals surface area (Å²) < 4.78 is 5.02. The number of aromatic nitrogens is 1. The molecule has 6 nitrogen and oxygen atoms in total. The van der Waals surface area contributed by atoms with Gasteiger partial charge in [-0.25, -0.2) is 0 Å². The van der Waals surface area contributed by atoms with Crippen LogP contribution in [0.2, 0.25) is 0 Å². The predicted molar refractivity (Wildman–Crippen MR) is 66.6 cm³/mol. The standard InChI is InChI=1S/C13H18N2O4/c1-8-10(9(2)19-14-8)6-11(16)15-5-4-13(3,7-15)12(17)18/h4-7H2,1-3H3,(H,17,18)/t13-/m1/s1. The summed E-state index contributed by atoms with van der Waals surface area (Å²) in [6.07, 6.45) is 0.715. The van der Waals surface area contributed by atoms with Gasteiger partial charge in [0.2, 0.25) is 5.91 Å². The number of nitrogens with zero attached hydrogens (tertiary/aromatic N) is 2. The average molecular weight is 266 g/mol. The van der Waals surface area contributed by atoms with Crippen LogP contribution < -0.4 is 0 Å². The number of likely N-dealkylation sites (tertiary alicyclic amines) is 1. The lowest BCUT2D eigenvalue weighted by Crippen LogP contribution is -2.35. The molecule has 1 aromatic heterocycles. The van der Waals surface area contributed by atoms with E-state index in [1.807, 2.05) is 0 Å². The molecule has 1 atom stereocenters. The van der Waals surface area contributed by atoms with E-state index >= 15 is 0 Å². The quantitative estimate of drug-likeness (QED) is 0.887. The molecule has 1 aromatic rings. The number of hydrogen-bond donors (Lipinski definition) is 1. The highest BCUT2D eigenvalue weighted by Gasteiger charge is 2.42. The van der Waals surface area contributed by atoms with Gasteiger partial charge in [0.25, 0.3) is 0 Å². The van der Waals surface area contributed by atoms with E-state index in [1.54, 1.807) is 25.7 Å². The van der Waals surface area contributed by atoms with Crippen molar-refractivity contribution in [2.75, 3.05) is 13.1 Å². The molecule has 0 bridgehead atoms. The SMILES string of the molecule is Cc1noc(C)c1CC(=O)N1CC[C@@](C)(C(=O)O)C1. The van der Waals surface area contributed by atoms with Crippen LogP contribution in [0.15, 0.2) is 4.52 Å². The van der Waals surface area contributed by atoms with E-state index < -0.39 is 11.4 Å². The Balaban J connectivity index is 2.05. The zero-order valence-corrected chi connectivity index (χ0v) is 11.4. The summed E-state index contributed by atoms with van der Waals surface area (Å²) in [6.45, 7) is 6.01. The van der Waals surface area contributed by atoms with Crippen LogP contribution in [-0.2, 0) is 16.0 Å². The molecule has 1 aliphatic heterocycles. The molecule has 1 aliphatic rings. The maximum atomic E-state index is 12.2. The summed E-state index contributed by atoms with van der Waals surface area (Å²) in [5.74, 6) is -0.273. The van der Waals surface area contributed by atoms with Crippen LogP contribution in [0, 0.1) is 19.3 Å². The van der Waals surface area contributed by atoms with Crippen LogP contribution in [0.3, 0.4) is 0 Å². The van der Waals surface area contributed by atoms with Crippen molar-refractivity contribution in [1.82, 2.24) is 10.1 Å². The molecular weight excluding hydrogens is 248 g/mol. The Labute approximate surface area is 111 Å². The highest BCUT2D eigenvalue weighted by molar-refractivity contribution is 5.82. The third-order valence-electron chi connectivity index (χ3n) is 3.85. The minimum absolute atomic E-state index is 0.0700. The predicted octanol–water partition coefficient (Wildman–Crippen LogP) is 1.16. The van der Waals surface area contributed by atoms with E-state index in [4.69, 9.17) is 9.63 Å². The van der Waals surface area contributed by atoms with Crippen molar-refractivity contribution >= 4 is 11.9 Å². The molecule has 0 aromatic carbocycles. The Morgan fingerprint density at radius 2 is 2.16 bits per heavy atom. The van der Waals surface area contributed by atoms with Crippen molar-refractivity contribution in [3.63, 3.8) is 0 Å². The first-order chi connectivity index (χ1) is 8.83. The van der Waals surface area contributed by atoms with Crippen LogP contribution in [-0.4, -0.2) is 40.1 Å². The number of hydrogen-bond acceptors (Lipinski definition) is 4. The largest absolute Gasteiger partial charge is 0.481 e. The van der Waals surface area contributed by atoms with Crippen LogP contribution in [0.25, 0.3) is 0 Å². The van der Waals surface area contributed by atoms with E-state index in [9.17, 15) is 9.59 Å². The summed E-state index contributed by atoms with van der Waals surface area (Å²) in [5.41, 5.74) is 0.689. The van der Waals surface area contributed by atoms with Crippen molar-refractivity contribution in [3.8, 4) is 0 Å². The molecule has 6 heteroatoms. The summed E-state index contributed by atoms with van der Waals surface area (Å²) in [4.78, 5) is 25.0. The van der Waals surface area contributed by atoms with Crippen LogP contribution in [0.5, 0.6) is 0 Å². The fourth-order valence-electron chi connectivity index (χ4n) is 2.37. The van der Waals surface area contributed by atoms with Crippen molar-refractivity contribution in [2.45, 2.75) is 33.6 Å². The van der Waals surface area contributed by atoms with Crippen molar-refractivity contribution < 1.29 is 19.2 Å². The lowest BCUT2D eigenvalue weighted by Gasteiger charge is -2.20. The summed E-state index contributed by atoms with van der Waals surface area (Å²) >= 11 is 0. The van der Waals surface area contributed by atoms with Crippen molar-refractivity contribution in [1.29, 1.82) is 0 Å². The van der Waals surface area contributed by atoms with E-state index in [2.05, 4.69) is 5.16 Å². The van der Waals surface area contributed by atoms with Gasteiger partial charge in [-0.2, -0.15) is 0 Å². The summed E-state index contributed by atoms with van der Waals surface area (Å²) in [5, 5.41) is 13.0. The number of carboxylic acid groups (broad SMARTS) is 1. The Morgan fingerprint density at radius 3 is 2.63 bits per heavy atom. The monoisotopic (exact) mass is 266 g/mol. The number of carbonyl (C=O) groups excluding carboxylic acids is 1. The second kappa shape index (κ2) is 4.68. The normalized spacial score (nSPS) is 22.8. The zero-order chi connectivity index (χ0) is 14.2. The number of carboxylic acids is 1. The number of rotatable bonds is 3. The third-order valence-corrected chi connectivity index (χ3v) is 3.85. The van der Waals surface area contributed by atoms with Crippen molar-refractivity contribution in [2.24, 2.45) is 5.41 Å². The highest BCUT2D eigenvalue weighted by atomic mass is 16.5. The Kier molecular flexibility index (Phi) is 3.34. The molecule has 2 rings (SSSR count). The molecule has 0 unspecified atom stereocenters. The number of aliphatic carboxylic acids is 1. The Bertz CT molecular complexity index is 503. The van der Waals surface area contributed by atoms with E-state index in [0.717, 1.165) is 5.56 Å². The fourth-order valence-corrected chi connectivity index (χ4v) is 2.37. The van der Waals surface area contributed by atoms with E-state index in [1.165, 1.54) is 0 Å². The summed E-state index contributed by atoms with van der Waals surface area (Å²) in [7, 11) is 0. The molecule has 19 heavy (non-hydrogen) atoms. The molecule has 0 radical (unpaired) electrons. The molecule has 0 aliphatic carbocycles. The van der Waals surface area contributed by atoms with Gasteiger partial charge in [0.15, 0.2) is 0 Å². The Morgan fingerprint density at radius 1 is 1.47 bits per heavy atom. The minimum atomic E-state index is -0.847. The lowest BCUT2D eigenvalue weighted by molar-refractivity contribution is -0.147. The summed E-state index contributed by atoms with van der Waals surface area (Å²) in [6, 6.07) is 0. The number of aryl methyl sites for hydroxylation is 2. The first-order valence-electron chi connectivity index (χ1n) is 6.26. The average Bonchev–Trinajstić information content (AvgIpc) is 2.88. The number of carbonyl (C=O) groups is 2. The first-order valence-corrected chi connectivity index (χ1v) is 6.26. The van der Waals surface area contributed by atoms with Gasteiger partial charge in [-0.1, -0.05) is 5.16 Å². The molecule has 0 spiro atoms. The van der Waals surface area contributed by atoms with Crippen LogP contribution in [0.1, 0.15) is 30.4 Å². The molecule has 104 valence electrons. The maximum absolute atomic E-state index is 12.2. The topological polar surface area (TPSA) is 83.6 Å². The lowest BCUT2D eigenvalue weighted by atomic mass is 9.90. The van der Waals surface area contributed by atoms with Gasteiger partial charge in [0.1, 0.15) is 5.76 Å². The van der Waals surface area contributed by atoms with Gasteiger partial charge in [-0.3, -0.25) is 9.59 Å². The molecule has 2 heterocycles. The molecule has 1 fully saturated rings. The van der Waals surface area contributed by atoms with E-state index in [0.29, 0.717) is 24.4 Å². The van der Waals surface area contributed by atoms with Gasteiger partial charge >= 0.3 is 5.97 Å². The molecular formula is C13H18N2O4. The van der Waals surface area contributed by atoms with Gasteiger partial charge in [0.05, 0.1) is 17.5 Å². The molecule has 1 saturated heterocycles. The highest BCUT2D eigenvalue weighted by Crippen LogP contribution is 2.30. The van der Waals surface area contributed by atoms with E-state index in [-0.39, 0.29) is 18.9 Å². The van der Waals surface area contributed by atoms with Gasteiger partial charge in [-0.05, 0) is 27.2 Å². The van der Waals surface area contributed by atoms with Crippen LogP contribution in [0.4, 0.5) is 0 Å². The molecule has 1 N–H and O–H groups in total. The molecule has 1 amide bonds. The smallest absolute Gasteiger partial charge is 0.311 e. The Hall–Kier alpha value is -1.85. The molecule has 0 saturated carbocycles. The second-order valence-corrected chi connectivity index (χ2v) is 5.41. The zero-order valence-electron chi connectivity index (χ0n) is 11.4. The van der Waals surface area contributed by atoms with Crippen LogP contribution >= 0.6 is 0 Å². The van der Waals surface area contributed by atoms with Crippen molar-refractivity contribution in [3.05, 3.63) is 17.0 Å². The van der Waals surface area contributed by atoms with Gasteiger partial charge in [-0.15, -0.1) is 0 Å².